The van der Waals surface area contributed by atoms with E-state index in [-0.39, 0.29) is 0 Å². The average molecular weight is 177 g/mol. The van der Waals surface area contributed by atoms with Crippen molar-refractivity contribution in [1.29, 1.82) is 0 Å². The Kier molecular flexibility index (Phi) is 1.02. The van der Waals surface area contributed by atoms with Crippen molar-refractivity contribution in [3.8, 4) is 0 Å². The van der Waals surface area contributed by atoms with Crippen LogP contribution in [-0.2, 0) is 4.79 Å². The van der Waals surface area contributed by atoms with Crippen molar-refractivity contribution in [2.45, 2.75) is 31.7 Å². The van der Waals surface area contributed by atoms with Gasteiger partial charge < -0.3 is 5.32 Å². The summed E-state index contributed by atoms with van der Waals surface area (Å²) in [7, 11) is 0. The van der Waals surface area contributed by atoms with Crippen LogP contribution in [0.3, 0.4) is 0 Å². The van der Waals surface area contributed by atoms with Crippen LogP contribution in [0, 0.1) is 29.6 Å². The van der Waals surface area contributed by atoms with Gasteiger partial charge in [-0.2, -0.15) is 0 Å². The number of hydrogen-bond acceptors (Lipinski definition) is 1. The van der Waals surface area contributed by atoms with Crippen molar-refractivity contribution < 1.29 is 4.79 Å². The van der Waals surface area contributed by atoms with E-state index >= 15 is 0 Å². The van der Waals surface area contributed by atoms with Crippen molar-refractivity contribution in [2.24, 2.45) is 29.6 Å². The average Bonchev–Trinajstić information content (AvgIpc) is 2.73. The minimum atomic E-state index is 0.346. The van der Waals surface area contributed by atoms with E-state index in [0.29, 0.717) is 17.9 Å². The Morgan fingerprint density at radius 3 is 2.85 bits per heavy atom. The Morgan fingerprint density at radius 1 is 1.15 bits per heavy atom. The molecule has 1 heterocycles. The summed E-state index contributed by atoms with van der Waals surface area (Å²) in [4.78, 5) is 11.3. The van der Waals surface area contributed by atoms with Gasteiger partial charge in [-0.25, -0.2) is 0 Å². The molecule has 4 aliphatic rings. The molecule has 0 aromatic heterocycles. The number of carbonyl (C=O) groups is 1. The zero-order valence-corrected chi connectivity index (χ0v) is 7.70. The van der Waals surface area contributed by atoms with E-state index in [1.165, 1.54) is 25.7 Å². The Balaban J connectivity index is 1.71. The molecule has 4 fully saturated rings. The van der Waals surface area contributed by atoms with Gasteiger partial charge in [-0.15, -0.1) is 0 Å². The van der Waals surface area contributed by atoms with Gasteiger partial charge in [-0.3, -0.25) is 4.79 Å². The first-order valence-electron chi connectivity index (χ1n) is 5.65. The first kappa shape index (κ1) is 6.86. The summed E-state index contributed by atoms with van der Waals surface area (Å²) in [5.74, 6) is 4.56. The first-order valence-corrected chi connectivity index (χ1v) is 5.65. The highest BCUT2D eigenvalue weighted by molar-refractivity contribution is 5.86. The molecule has 6 atom stereocenters. The molecule has 1 amide bonds. The number of β-lactam (4-membered cyclic amide) rings is 1. The van der Waals surface area contributed by atoms with Crippen LogP contribution in [0.15, 0.2) is 0 Å². The molecule has 0 aromatic carbocycles. The van der Waals surface area contributed by atoms with Crippen LogP contribution in [0.5, 0.6) is 0 Å². The molecule has 1 saturated heterocycles. The molecule has 4 rings (SSSR count). The van der Waals surface area contributed by atoms with Crippen molar-refractivity contribution >= 4 is 5.91 Å². The van der Waals surface area contributed by atoms with Gasteiger partial charge in [0.25, 0.3) is 0 Å². The van der Waals surface area contributed by atoms with Crippen molar-refractivity contribution in [2.75, 3.05) is 0 Å². The van der Waals surface area contributed by atoms with Crippen LogP contribution in [-0.4, -0.2) is 11.9 Å². The number of hydrogen-bond donors (Lipinski definition) is 1. The van der Waals surface area contributed by atoms with E-state index in [1.54, 1.807) is 0 Å². The Bertz CT molecular complexity index is 288. The minimum absolute atomic E-state index is 0.346. The van der Waals surface area contributed by atoms with Crippen LogP contribution in [0.1, 0.15) is 25.7 Å². The zero-order valence-electron chi connectivity index (χ0n) is 7.70. The van der Waals surface area contributed by atoms with Crippen molar-refractivity contribution in [3.05, 3.63) is 0 Å². The van der Waals surface area contributed by atoms with Gasteiger partial charge >= 0.3 is 0 Å². The van der Waals surface area contributed by atoms with Crippen LogP contribution in [0.25, 0.3) is 0 Å². The minimum Gasteiger partial charge on any atom is -0.352 e. The molecule has 1 aliphatic heterocycles. The normalized spacial score (nSPS) is 61.4. The standard InChI is InChI=1S/C11H15NO/c13-11-8-4-7-5-1-2-6(3-5)9(7)10(8)12-11/h5-10H,1-4H2,(H,12,13). The van der Waals surface area contributed by atoms with Crippen LogP contribution < -0.4 is 5.32 Å². The predicted octanol–water partition coefficient (Wildman–Crippen LogP) is 1.17. The fourth-order valence-electron chi connectivity index (χ4n) is 4.71. The molecule has 2 nitrogen and oxygen atoms in total. The second-order valence-electron chi connectivity index (χ2n) is 5.45. The van der Waals surface area contributed by atoms with E-state index in [2.05, 4.69) is 5.32 Å². The molecule has 3 aliphatic carbocycles. The molecule has 13 heavy (non-hydrogen) atoms. The van der Waals surface area contributed by atoms with Gasteiger partial charge in [-0.05, 0) is 49.4 Å². The highest BCUT2D eigenvalue weighted by Gasteiger charge is 2.62. The number of nitrogens with one attached hydrogen (secondary N) is 1. The summed E-state index contributed by atoms with van der Waals surface area (Å²) in [5, 5.41) is 3.12. The van der Waals surface area contributed by atoms with E-state index < -0.39 is 0 Å². The summed E-state index contributed by atoms with van der Waals surface area (Å²) >= 11 is 0. The number of carbonyl (C=O) groups excluding carboxylic acids is 1. The maximum atomic E-state index is 11.3. The Hall–Kier alpha value is -0.530. The highest BCUT2D eigenvalue weighted by atomic mass is 16.2. The second kappa shape index (κ2) is 1.94. The largest absolute Gasteiger partial charge is 0.352 e. The Morgan fingerprint density at radius 2 is 2.00 bits per heavy atom. The lowest BCUT2D eigenvalue weighted by atomic mass is 9.79. The molecule has 0 aromatic rings. The molecule has 70 valence electrons. The predicted molar refractivity (Wildman–Crippen MR) is 47.8 cm³/mol. The monoisotopic (exact) mass is 177 g/mol. The van der Waals surface area contributed by atoms with Crippen molar-refractivity contribution in [3.63, 3.8) is 0 Å². The number of rotatable bonds is 0. The third-order valence-corrected chi connectivity index (χ3v) is 5.18. The van der Waals surface area contributed by atoms with E-state index in [0.717, 1.165) is 23.7 Å². The van der Waals surface area contributed by atoms with Gasteiger partial charge in [0.05, 0.1) is 5.92 Å². The third kappa shape index (κ3) is 0.628. The maximum absolute atomic E-state index is 11.3. The highest BCUT2D eigenvalue weighted by Crippen LogP contribution is 2.61. The molecule has 2 heteroatoms. The number of amides is 1. The van der Waals surface area contributed by atoms with E-state index in [1.807, 2.05) is 0 Å². The van der Waals surface area contributed by atoms with Crippen molar-refractivity contribution in [1.82, 2.24) is 5.32 Å². The zero-order chi connectivity index (χ0) is 8.58. The van der Waals surface area contributed by atoms with Crippen LogP contribution >= 0.6 is 0 Å². The fourth-order valence-corrected chi connectivity index (χ4v) is 4.71. The lowest BCUT2D eigenvalue weighted by molar-refractivity contribution is -0.134. The smallest absolute Gasteiger partial charge is 0.225 e. The Labute approximate surface area is 78.1 Å². The van der Waals surface area contributed by atoms with E-state index in [9.17, 15) is 4.79 Å². The summed E-state index contributed by atoms with van der Waals surface area (Å²) in [6, 6.07) is 0.604. The summed E-state index contributed by atoms with van der Waals surface area (Å²) in [5.41, 5.74) is 0. The van der Waals surface area contributed by atoms with Gasteiger partial charge in [0, 0.05) is 6.04 Å². The SMILES string of the molecule is O=C1NC2C1CC1C3CCC(C3)C12. The summed E-state index contributed by atoms with van der Waals surface area (Å²) in [6.45, 7) is 0. The lowest BCUT2D eigenvalue weighted by Crippen LogP contribution is -2.58. The molecule has 2 bridgehead atoms. The molecular weight excluding hydrogens is 162 g/mol. The molecular formula is C11H15NO. The van der Waals surface area contributed by atoms with Gasteiger partial charge in [0.1, 0.15) is 0 Å². The first-order chi connectivity index (χ1) is 6.34. The second-order valence-corrected chi connectivity index (χ2v) is 5.45. The number of fused-ring (bicyclic) bond motifs is 7. The van der Waals surface area contributed by atoms with Gasteiger partial charge in [-0.1, -0.05) is 0 Å². The van der Waals surface area contributed by atoms with Crippen LogP contribution in [0.2, 0.25) is 0 Å². The summed E-state index contributed by atoms with van der Waals surface area (Å²) in [6.07, 6.45) is 5.61. The van der Waals surface area contributed by atoms with E-state index in [4.69, 9.17) is 0 Å². The van der Waals surface area contributed by atoms with Gasteiger partial charge in [0.15, 0.2) is 0 Å². The lowest BCUT2D eigenvalue weighted by Gasteiger charge is -2.37. The molecule has 0 spiro atoms. The molecule has 3 saturated carbocycles. The third-order valence-electron chi connectivity index (χ3n) is 5.18. The molecule has 6 unspecified atom stereocenters. The maximum Gasteiger partial charge on any atom is 0.225 e. The molecule has 0 radical (unpaired) electrons. The quantitative estimate of drug-likeness (QED) is 0.553. The molecule has 1 N–H and O–H groups in total. The fraction of sp³-hybridized carbons (Fsp3) is 0.909. The van der Waals surface area contributed by atoms with Crippen LogP contribution in [0.4, 0.5) is 0 Å². The summed E-state index contributed by atoms with van der Waals surface area (Å²) < 4.78 is 0. The topological polar surface area (TPSA) is 29.1 Å². The van der Waals surface area contributed by atoms with Gasteiger partial charge in [0.2, 0.25) is 5.91 Å².